The fraction of sp³-hybridized carbons (Fsp3) is 0.138. The zero-order chi connectivity index (χ0) is 28.8. The molecule has 1 heterocycles. The Labute approximate surface area is 234 Å². The molecule has 0 bridgehead atoms. The highest BCUT2D eigenvalue weighted by Crippen LogP contribution is 2.36. The van der Waals surface area contributed by atoms with Crippen molar-refractivity contribution in [1.29, 1.82) is 0 Å². The Hall–Kier alpha value is -4.90. The van der Waals surface area contributed by atoms with Crippen LogP contribution in [-0.4, -0.2) is 28.5 Å². The second-order valence-corrected chi connectivity index (χ2v) is 8.97. The van der Waals surface area contributed by atoms with Gasteiger partial charge in [-0.1, -0.05) is 6.08 Å². The second-order valence-electron chi connectivity index (χ2n) is 8.58. The molecular formula is C29H24FN3O6S. The van der Waals surface area contributed by atoms with Gasteiger partial charge in [-0.25, -0.2) is 4.39 Å². The number of allylic oxidation sites excluding steroid dienone is 1. The number of carbonyl (C=O) groups is 2. The Morgan fingerprint density at radius 3 is 2.42 bits per heavy atom. The van der Waals surface area contributed by atoms with E-state index in [4.69, 9.17) is 21.7 Å². The summed E-state index contributed by atoms with van der Waals surface area (Å²) < 4.78 is 25.3. The van der Waals surface area contributed by atoms with Gasteiger partial charge in [-0.3, -0.25) is 29.9 Å². The van der Waals surface area contributed by atoms with Crippen LogP contribution < -0.4 is 19.7 Å². The number of ether oxygens (including phenoxy) is 2. The van der Waals surface area contributed by atoms with Gasteiger partial charge in [0.25, 0.3) is 17.5 Å². The van der Waals surface area contributed by atoms with Gasteiger partial charge in [0.1, 0.15) is 18.0 Å². The van der Waals surface area contributed by atoms with Crippen molar-refractivity contribution in [2.45, 2.75) is 20.0 Å². The molecule has 0 radical (unpaired) electrons. The van der Waals surface area contributed by atoms with E-state index in [9.17, 15) is 24.1 Å². The number of non-ortho nitro benzene ring substituents is 1. The second kappa shape index (κ2) is 12.3. The maximum atomic E-state index is 13.4. The lowest BCUT2D eigenvalue weighted by atomic mass is 10.0. The van der Waals surface area contributed by atoms with Gasteiger partial charge < -0.3 is 9.47 Å². The number of nitro groups is 1. The molecule has 1 aliphatic rings. The van der Waals surface area contributed by atoms with Crippen molar-refractivity contribution in [3.05, 3.63) is 112 Å². The molecule has 1 aliphatic heterocycles. The first-order chi connectivity index (χ1) is 19.2. The van der Waals surface area contributed by atoms with E-state index in [1.807, 2.05) is 0 Å². The first-order valence-corrected chi connectivity index (χ1v) is 12.6. The van der Waals surface area contributed by atoms with Gasteiger partial charge in [-0.2, -0.15) is 0 Å². The van der Waals surface area contributed by atoms with E-state index in [2.05, 4.69) is 11.9 Å². The number of amides is 2. The fourth-order valence-electron chi connectivity index (χ4n) is 4.02. The smallest absolute Gasteiger partial charge is 0.270 e. The highest BCUT2D eigenvalue weighted by Gasteiger charge is 2.34. The molecule has 9 nitrogen and oxygen atoms in total. The average Bonchev–Trinajstić information content (AvgIpc) is 2.92. The SMILES string of the molecule is C=CCc1cc(/C=C2\C(=O)NC(=S)N(c3ccc(F)cc3)C2=O)cc(OCC)c1OCc1ccc([N+](=O)[O-])cc1. The molecule has 0 atom stereocenters. The van der Waals surface area contributed by atoms with E-state index in [1.54, 1.807) is 37.3 Å². The van der Waals surface area contributed by atoms with E-state index >= 15 is 0 Å². The summed E-state index contributed by atoms with van der Waals surface area (Å²) in [5.74, 6) is -0.994. The predicted octanol–water partition coefficient (Wildman–Crippen LogP) is 5.27. The number of nitrogens with zero attached hydrogens (tertiary/aromatic N) is 2. The molecule has 40 heavy (non-hydrogen) atoms. The van der Waals surface area contributed by atoms with Crippen LogP contribution in [0.15, 0.2) is 78.9 Å². The summed E-state index contributed by atoms with van der Waals surface area (Å²) in [6.07, 6.45) is 3.48. The Bertz CT molecular complexity index is 1520. The Balaban J connectivity index is 1.69. The first kappa shape index (κ1) is 28.1. The predicted molar refractivity (Wildman–Crippen MR) is 152 cm³/mol. The Kier molecular flexibility index (Phi) is 8.65. The van der Waals surface area contributed by atoms with Gasteiger partial charge in [0.05, 0.1) is 17.2 Å². The van der Waals surface area contributed by atoms with Crippen molar-refractivity contribution in [3.8, 4) is 11.5 Å². The van der Waals surface area contributed by atoms with E-state index in [0.29, 0.717) is 46.9 Å². The Morgan fingerprint density at radius 1 is 1.10 bits per heavy atom. The number of halogens is 1. The maximum Gasteiger partial charge on any atom is 0.270 e. The maximum absolute atomic E-state index is 13.4. The van der Waals surface area contributed by atoms with Gasteiger partial charge in [-0.05, 0) is 91.3 Å². The summed E-state index contributed by atoms with van der Waals surface area (Å²) in [5.41, 5.74) is 2.00. The van der Waals surface area contributed by atoms with Crippen LogP contribution in [0.5, 0.6) is 11.5 Å². The zero-order valence-corrected chi connectivity index (χ0v) is 22.2. The standard InChI is InChI=1S/C29H24FN3O6S/c1-3-5-20-14-19(15-24-27(34)31-29(40)32(28(24)35)22-12-8-21(30)9-13-22)16-25(38-4-2)26(20)39-17-18-6-10-23(11-7-18)33(36)37/h3,6-16H,1,4-5,17H2,2H3,(H,31,34,40)/b24-15+. The van der Waals surface area contributed by atoms with Crippen molar-refractivity contribution in [2.24, 2.45) is 0 Å². The van der Waals surface area contributed by atoms with Crippen LogP contribution in [0, 0.1) is 15.9 Å². The van der Waals surface area contributed by atoms with Crippen molar-refractivity contribution < 1.29 is 28.4 Å². The molecule has 1 N–H and O–H groups in total. The number of hydrogen-bond donors (Lipinski definition) is 1. The van der Waals surface area contributed by atoms with Crippen molar-refractivity contribution in [1.82, 2.24) is 5.32 Å². The molecule has 0 spiro atoms. The molecular weight excluding hydrogens is 537 g/mol. The minimum atomic E-state index is -0.671. The van der Waals surface area contributed by atoms with Crippen molar-refractivity contribution >= 4 is 46.6 Å². The molecule has 3 aromatic carbocycles. The summed E-state index contributed by atoms with van der Waals surface area (Å²) in [6, 6.07) is 14.6. The van der Waals surface area contributed by atoms with Crippen LogP contribution in [0.2, 0.25) is 0 Å². The number of benzene rings is 3. The number of nitro benzene ring substituents is 1. The summed E-state index contributed by atoms with van der Waals surface area (Å²) in [7, 11) is 0. The molecule has 4 rings (SSSR count). The van der Waals surface area contributed by atoms with Crippen LogP contribution >= 0.6 is 12.2 Å². The number of carbonyl (C=O) groups excluding carboxylic acids is 2. The normalized spacial score (nSPS) is 14.2. The average molecular weight is 562 g/mol. The molecule has 1 saturated heterocycles. The Morgan fingerprint density at radius 2 is 1.80 bits per heavy atom. The molecule has 0 unspecified atom stereocenters. The molecule has 204 valence electrons. The van der Waals surface area contributed by atoms with Gasteiger partial charge >= 0.3 is 0 Å². The monoisotopic (exact) mass is 561 g/mol. The quantitative estimate of drug-likeness (QED) is 0.0896. The highest BCUT2D eigenvalue weighted by atomic mass is 32.1. The fourth-order valence-corrected chi connectivity index (χ4v) is 4.30. The lowest BCUT2D eigenvalue weighted by molar-refractivity contribution is -0.384. The number of nitrogens with one attached hydrogen (secondary N) is 1. The molecule has 11 heteroatoms. The lowest BCUT2D eigenvalue weighted by Crippen LogP contribution is -2.54. The molecule has 0 aliphatic carbocycles. The van der Waals surface area contributed by atoms with Crippen LogP contribution in [0.4, 0.5) is 15.8 Å². The van der Waals surface area contributed by atoms with E-state index in [0.717, 1.165) is 4.90 Å². The third kappa shape index (κ3) is 6.21. The summed E-state index contributed by atoms with van der Waals surface area (Å²) in [4.78, 5) is 37.7. The van der Waals surface area contributed by atoms with E-state index in [1.165, 1.54) is 42.5 Å². The summed E-state index contributed by atoms with van der Waals surface area (Å²) in [5, 5.41) is 13.3. The van der Waals surface area contributed by atoms with Gasteiger partial charge in [0.15, 0.2) is 16.6 Å². The molecule has 0 aromatic heterocycles. The molecule has 1 fully saturated rings. The topological polar surface area (TPSA) is 111 Å². The van der Waals surface area contributed by atoms with Crippen LogP contribution in [0.25, 0.3) is 6.08 Å². The molecule has 0 saturated carbocycles. The minimum absolute atomic E-state index is 0.0245. The van der Waals surface area contributed by atoms with Crippen molar-refractivity contribution in [3.63, 3.8) is 0 Å². The summed E-state index contributed by atoms with van der Waals surface area (Å²) >= 11 is 5.20. The first-order valence-electron chi connectivity index (χ1n) is 12.2. The molecule has 3 aromatic rings. The van der Waals surface area contributed by atoms with E-state index in [-0.39, 0.29) is 23.0 Å². The third-order valence-electron chi connectivity index (χ3n) is 5.85. The zero-order valence-electron chi connectivity index (χ0n) is 21.4. The van der Waals surface area contributed by atoms with Gasteiger partial charge in [-0.15, -0.1) is 6.58 Å². The third-order valence-corrected chi connectivity index (χ3v) is 6.13. The summed E-state index contributed by atoms with van der Waals surface area (Å²) in [6.45, 7) is 6.04. The largest absolute Gasteiger partial charge is 0.490 e. The van der Waals surface area contributed by atoms with Gasteiger partial charge in [0.2, 0.25) is 0 Å². The number of thiocarbonyl (C=S) groups is 1. The van der Waals surface area contributed by atoms with Crippen LogP contribution in [0.1, 0.15) is 23.6 Å². The minimum Gasteiger partial charge on any atom is -0.490 e. The molecule has 2 amide bonds. The van der Waals surface area contributed by atoms with Crippen LogP contribution in [0.3, 0.4) is 0 Å². The number of rotatable bonds is 10. The van der Waals surface area contributed by atoms with Gasteiger partial charge in [0, 0.05) is 17.7 Å². The lowest BCUT2D eigenvalue weighted by Gasteiger charge is -2.29. The van der Waals surface area contributed by atoms with Crippen LogP contribution in [-0.2, 0) is 22.6 Å². The highest BCUT2D eigenvalue weighted by molar-refractivity contribution is 7.80. The van der Waals surface area contributed by atoms with E-state index < -0.39 is 22.6 Å². The number of anilines is 1. The van der Waals surface area contributed by atoms with Crippen molar-refractivity contribution in [2.75, 3.05) is 11.5 Å². The number of hydrogen-bond acceptors (Lipinski definition) is 7.